The van der Waals surface area contributed by atoms with E-state index in [9.17, 15) is 8.42 Å². The molecule has 0 saturated carbocycles. The fourth-order valence-electron chi connectivity index (χ4n) is 0.353. The van der Waals surface area contributed by atoms with Crippen LogP contribution in [0.5, 0.6) is 0 Å². The highest BCUT2D eigenvalue weighted by atomic mass is 32.3. The second-order valence-corrected chi connectivity index (χ2v) is 2.44. The van der Waals surface area contributed by atoms with Crippen LogP contribution in [0.25, 0.3) is 0 Å². The van der Waals surface area contributed by atoms with Gasteiger partial charge in [0, 0.05) is 11.9 Å². The van der Waals surface area contributed by atoms with Crippen molar-refractivity contribution < 1.29 is 17.0 Å². The van der Waals surface area contributed by atoms with Gasteiger partial charge in [0.25, 0.3) is 0 Å². The minimum Gasteiger partial charge on any atom is -0.204 e. The summed E-state index contributed by atoms with van der Waals surface area (Å²) in [4.78, 5) is 0. The summed E-state index contributed by atoms with van der Waals surface area (Å²) in [5, 5.41) is 0.676. The van der Waals surface area contributed by atoms with E-state index in [1.54, 1.807) is 6.92 Å². The molecule has 0 aliphatic carbocycles. The molecule has 1 fully saturated rings. The number of hydrogen-bond acceptors (Lipinski definition) is 6. The van der Waals surface area contributed by atoms with Crippen LogP contribution in [0.3, 0.4) is 0 Å². The monoisotopic (exact) mass is 154 g/mol. The highest BCUT2D eigenvalue weighted by molar-refractivity contribution is 7.82. The number of hydrazine groups is 1. The Labute approximate surface area is 52.6 Å². The molecule has 1 heterocycles. The topological polar surface area (TPSA) is 67.9 Å². The molecule has 0 radical (unpaired) electrons. The van der Waals surface area contributed by atoms with Crippen molar-refractivity contribution in [3.8, 4) is 0 Å². The maximum atomic E-state index is 10.0. The first kappa shape index (κ1) is 6.90. The molecule has 0 aromatic rings. The highest BCUT2D eigenvalue weighted by Gasteiger charge is 2.34. The average molecular weight is 154 g/mol. The molecule has 0 bridgehead atoms. The van der Waals surface area contributed by atoms with E-state index in [1.165, 1.54) is 0 Å². The van der Waals surface area contributed by atoms with Crippen LogP contribution >= 0.6 is 0 Å². The average Bonchev–Trinajstić information content (AvgIpc) is 1.62. The van der Waals surface area contributed by atoms with Crippen molar-refractivity contribution in [3.63, 3.8) is 0 Å². The molecule has 7 heteroatoms. The van der Waals surface area contributed by atoms with Crippen LogP contribution in [0.1, 0.15) is 6.92 Å². The van der Waals surface area contributed by atoms with E-state index in [4.69, 9.17) is 0 Å². The summed E-state index contributed by atoms with van der Waals surface area (Å²) in [6, 6.07) is 0. The number of rotatable bonds is 2. The van der Waals surface area contributed by atoms with Crippen molar-refractivity contribution in [1.29, 1.82) is 0 Å². The van der Waals surface area contributed by atoms with Gasteiger partial charge in [-0.15, -0.1) is 8.57 Å². The van der Waals surface area contributed by atoms with E-state index in [1.807, 2.05) is 0 Å². The molecule has 1 N–H and O–H groups in total. The van der Waals surface area contributed by atoms with Crippen molar-refractivity contribution >= 4 is 10.4 Å². The minimum atomic E-state index is -3.69. The van der Waals surface area contributed by atoms with E-state index < -0.39 is 10.4 Å². The second-order valence-electron chi connectivity index (χ2n) is 1.33. The Bertz CT molecular complexity index is 175. The number of hydrogen-bond donors (Lipinski definition) is 1. The summed E-state index contributed by atoms with van der Waals surface area (Å²) in [6.07, 6.45) is 0. The Balaban J connectivity index is 2.28. The summed E-state index contributed by atoms with van der Waals surface area (Å²) in [6.45, 7) is 2.31. The molecule has 1 rings (SSSR count). The highest BCUT2D eigenvalue weighted by Crippen LogP contribution is 2.11. The van der Waals surface area contributed by atoms with Gasteiger partial charge in [0.05, 0.1) is 0 Å². The van der Waals surface area contributed by atoms with Gasteiger partial charge in [0.15, 0.2) is 0 Å². The van der Waals surface area contributed by atoms with Crippen molar-refractivity contribution in [1.82, 2.24) is 10.8 Å². The third-order valence-electron chi connectivity index (χ3n) is 0.605. The van der Waals surface area contributed by atoms with Gasteiger partial charge in [-0.05, 0) is 0 Å². The van der Waals surface area contributed by atoms with Gasteiger partial charge in [-0.1, -0.05) is 6.92 Å². The summed E-state index contributed by atoms with van der Waals surface area (Å²) in [5.41, 5.74) is 2.45. The van der Waals surface area contributed by atoms with Gasteiger partial charge in [-0.25, -0.2) is 5.43 Å². The molecule has 0 atom stereocenters. The summed E-state index contributed by atoms with van der Waals surface area (Å²) >= 11 is 0. The first-order valence-corrected chi connectivity index (χ1v) is 3.65. The zero-order valence-electron chi connectivity index (χ0n) is 4.70. The lowest BCUT2D eigenvalue weighted by Gasteiger charge is -2.25. The van der Waals surface area contributed by atoms with Crippen LogP contribution in [0.2, 0.25) is 0 Å². The van der Waals surface area contributed by atoms with Crippen molar-refractivity contribution in [2.24, 2.45) is 0 Å². The second kappa shape index (κ2) is 2.20. The van der Waals surface area contributed by atoms with Crippen LogP contribution in [0.15, 0.2) is 0 Å². The van der Waals surface area contributed by atoms with E-state index in [-0.39, 0.29) is 0 Å². The van der Waals surface area contributed by atoms with Gasteiger partial charge in [-0.2, -0.15) is 8.42 Å². The van der Waals surface area contributed by atoms with Crippen LogP contribution in [-0.4, -0.2) is 20.3 Å². The fraction of sp³-hybridized carbons (Fsp3) is 1.00. The molecule has 0 amide bonds. The van der Waals surface area contributed by atoms with Crippen LogP contribution in [-0.2, 0) is 19.0 Å². The van der Waals surface area contributed by atoms with E-state index in [2.05, 4.69) is 14.0 Å². The van der Waals surface area contributed by atoms with E-state index in [0.717, 1.165) is 0 Å². The van der Waals surface area contributed by atoms with Crippen LogP contribution in [0.4, 0.5) is 0 Å². The first-order valence-electron chi connectivity index (χ1n) is 2.32. The molecule has 0 aromatic heterocycles. The quantitative estimate of drug-likeness (QED) is 0.546. The lowest BCUT2D eigenvalue weighted by Crippen LogP contribution is -2.49. The normalized spacial score (nSPS) is 25.4. The first-order chi connectivity index (χ1) is 4.14. The molecule has 6 nitrogen and oxygen atoms in total. The van der Waals surface area contributed by atoms with Gasteiger partial charge in [-0.3, -0.25) is 0 Å². The largest absolute Gasteiger partial charge is 0.439 e. The van der Waals surface area contributed by atoms with Crippen molar-refractivity contribution in [2.45, 2.75) is 6.92 Å². The lowest BCUT2D eigenvalue weighted by atomic mass is 10.8. The van der Waals surface area contributed by atoms with Crippen molar-refractivity contribution in [3.05, 3.63) is 0 Å². The molecule has 0 unspecified atom stereocenters. The van der Waals surface area contributed by atoms with Crippen molar-refractivity contribution in [2.75, 3.05) is 6.54 Å². The predicted octanol–water partition coefficient (Wildman–Crippen LogP) is -1.07. The third-order valence-corrected chi connectivity index (χ3v) is 1.24. The van der Waals surface area contributed by atoms with Crippen LogP contribution in [0, 0.1) is 0 Å². The molecule has 0 spiro atoms. The van der Waals surface area contributed by atoms with Gasteiger partial charge >= 0.3 is 10.4 Å². The zero-order valence-corrected chi connectivity index (χ0v) is 5.51. The van der Waals surface area contributed by atoms with Gasteiger partial charge in [0.1, 0.15) is 0 Å². The Hall–Kier alpha value is -0.210. The molecule has 54 valence electrons. The smallest absolute Gasteiger partial charge is 0.204 e. The maximum absolute atomic E-state index is 10.0. The Morgan fingerprint density at radius 1 is 1.56 bits per heavy atom. The third kappa shape index (κ3) is 1.60. The number of nitrogens with one attached hydrogen (secondary N) is 1. The summed E-state index contributed by atoms with van der Waals surface area (Å²) in [5.74, 6) is 0. The molecule has 1 aliphatic heterocycles. The maximum Gasteiger partial charge on any atom is 0.439 e. The lowest BCUT2D eigenvalue weighted by molar-refractivity contribution is -0.357. The molecule has 0 aromatic carbocycles. The summed E-state index contributed by atoms with van der Waals surface area (Å²) < 4.78 is 28.2. The van der Waals surface area contributed by atoms with E-state index in [0.29, 0.717) is 11.9 Å². The molecule has 1 aliphatic rings. The fourth-order valence-corrected chi connectivity index (χ4v) is 0.801. The van der Waals surface area contributed by atoms with Gasteiger partial charge in [0.2, 0.25) is 0 Å². The van der Waals surface area contributed by atoms with Gasteiger partial charge < -0.3 is 0 Å². The standard InChI is InChI=1S/C2H6N2O4S/c1-2-3-4-7-9(5,6)8-4/h3H,2H2,1H3. The molecule has 9 heavy (non-hydrogen) atoms. The Morgan fingerprint density at radius 2 is 2.11 bits per heavy atom. The predicted molar refractivity (Wildman–Crippen MR) is 26.6 cm³/mol. The zero-order chi connectivity index (χ0) is 6.91. The molecular weight excluding hydrogens is 148 g/mol. The Kier molecular flexibility index (Phi) is 1.68. The van der Waals surface area contributed by atoms with Crippen LogP contribution < -0.4 is 5.43 Å². The molecular formula is C2H6N2O4S. The number of nitrogens with zero attached hydrogens (tertiary/aromatic N) is 1. The summed E-state index contributed by atoms with van der Waals surface area (Å²) in [7, 11) is -3.69. The molecule has 1 saturated heterocycles. The Morgan fingerprint density at radius 3 is 2.44 bits per heavy atom. The SMILES string of the molecule is CCNN1OS(=O)(=O)O1. The van der Waals surface area contributed by atoms with E-state index >= 15 is 0 Å². The minimum absolute atomic E-state index is 0.537.